The average Bonchev–Trinajstić information content (AvgIpc) is 3.10. The third-order valence-electron chi connectivity index (χ3n) is 4.59. The van der Waals surface area contributed by atoms with Crippen molar-refractivity contribution in [3.05, 3.63) is 54.1 Å². The summed E-state index contributed by atoms with van der Waals surface area (Å²) in [6, 6.07) is 7.37. The van der Waals surface area contributed by atoms with Gasteiger partial charge >= 0.3 is 0 Å². The van der Waals surface area contributed by atoms with E-state index in [-0.39, 0.29) is 5.75 Å². The molecule has 4 aromatic rings. The number of methoxy groups -OCH3 is 2. The molecule has 31 heavy (non-hydrogen) atoms. The van der Waals surface area contributed by atoms with Crippen LogP contribution in [-0.2, 0) is 15.6 Å². The lowest BCUT2D eigenvalue weighted by atomic mass is 10.2. The molecule has 0 aliphatic carbocycles. The summed E-state index contributed by atoms with van der Waals surface area (Å²) in [5.41, 5.74) is 3.36. The van der Waals surface area contributed by atoms with Crippen molar-refractivity contribution in [2.75, 3.05) is 20.5 Å². The highest BCUT2D eigenvalue weighted by molar-refractivity contribution is 7.89. The molecule has 0 atom stereocenters. The maximum Gasteiger partial charge on any atom is 0.198 e. The molecule has 160 valence electrons. The second-order valence-corrected chi connectivity index (χ2v) is 9.25. The smallest absolute Gasteiger partial charge is 0.198 e. The Hall–Kier alpha value is -3.53. The summed E-state index contributed by atoms with van der Waals surface area (Å²) in [7, 11) is -0.168. The van der Waals surface area contributed by atoms with E-state index in [0.29, 0.717) is 40.0 Å². The molecule has 0 fully saturated rings. The van der Waals surface area contributed by atoms with E-state index >= 15 is 0 Å². The van der Waals surface area contributed by atoms with E-state index in [9.17, 15) is 8.42 Å². The fourth-order valence-corrected chi connectivity index (χ4v) is 4.04. The van der Waals surface area contributed by atoms with Gasteiger partial charge in [-0.3, -0.25) is 9.55 Å². The molecule has 0 radical (unpaired) electrons. The number of para-hydroxylation sites is 1. The maximum atomic E-state index is 11.8. The highest BCUT2D eigenvalue weighted by atomic mass is 32.2. The van der Waals surface area contributed by atoms with Gasteiger partial charge < -0.3 is 9.47 Å². The number of benzene rings is 1. The normalized spacial score (nSPS) is 11.6. The lowest BCUT2D eigenvalue weighted by Gasteiger charge is -2.16. The molecule has 0 amide bonds. The first kappa shape index (κ1) is 20.7. The van der Waals surface area contributed by atoms with Gasteiger partial charge in [0.25, 0.3) is 0 Å². The Morgan fingerprint density at radius 1 is 1.03 bits per heavy atom. The van der Waals surface area contributed by atoms with Gasteiger partial charge in [0.05, 0.1) is 31.9 Å². The molecule has 0 N–H and O–H groups in total. The van der Waals surface area contributed by atoms with Gasteiger partial charge in [-0.25, -0.2) is 23.4 Å². The van der Waals surface area contributed by atoms with Gasteiger partial charge in [-0.1, -0.05) is 6.07 Å². The van der Waals surface area contributed by atoms with E-state index in [2.05, 4.69) is 19.9 Å². The molecule has 0 saturated carbocycles. The molecule has 0 bridgehead atoms. The predicted molar refractivity (Wildman–Crippen MR) is 116 cm³/mol. The van der Waals surface area contributed by atoms with Crippen LogP contribution >= 0.6 is 0 Å². The minimum atomic E-state index is -3.29. The van der Waals surface area contributed by atoms with Crippen LogP contribution < -0.4 is 9.47 Å². The van der Waals surface area contributed by atoms with Gasteiger partial charge in [0, 0.05) is 24.2 Å². The van der Waals surface area contributed by atoms with Crippen molar-refractivity contribution >= 4 is 21.1 Å². The van der Waals surface area contributed by atoms with Gasteiger partial charge in [-0.15, -0.1) is 0 Å². The van der Waals surface area contributed by atoms with Crippen molar-refractivity contribution < 1.29 is 17.9 Å². The number of pyridine rings is 1. The Morgan fingerprint density at radius 2 is 1.74 bits per heavy atom. The Labute approximate surface area is 179 Å². The van der Waals surface area contributed by atoms with E-state index in [1.54, 1.807) is 43.3 Å². The number of hydrogen-bond acceptors (Lipinski definition) is 8. The van der Waals surface area contributed by atoms with Crippen molar-refractivity contribution in [2.24, 2.45) is 0 Å². The topological polar surface area (TPSA) is 109 Å². The summed E-state index contributed by atoms with van der Waals surface area (Å²) < 4.78 is 36.6. The largest absolute Gasteiger partial charge is 0.494 e. The fourth-order valence-electron chi connectivity index (χ4n) is 3.36. The quantitative estimate of drug-likeness (QED) is 0.451. The number of imidazole rings is 1. The number of aromatic nitrogens is 5. The summed E-state index contributed by atoms with van der Waals surface area (Å²) in [4.78, 5) is 17.9. The van der Waals surface area contributed by atoms with Gasteiger partial charge in [0.15, 0.2) is 27.0 Å². The highest BCUT2D eigenvalue weighted by Gasteiger charge is 2.23. The Balaban J connectivity index is 2.10. The van der Waals surface area contributed by atoms with Crippen molar-refractivity contribution in [3.63, 3.8) is 0 Å². The van der Waals surface area contributed by atoms with Crippen molar-refractivity contribution in [3.8, 4) is 28.6 Å². The number of ether oxygens (including phenoxy) is 2. The van der Waals surface area contributed by atoms with Crippen molar-refractivity contribution in [1.82, 2.24) is 24.5 Å². The zero-order valence-corrected chi connectivity index (χ0v) is 18.3. The SMILES string of the molecule is COc1cccc(OC)c1-n1c(-c2cncc(C)c2)nc2ncc(CS(C)(=O)=O)nc21. The van der Waals surface area contributed by atoms with Crippen LogP contribution in [0.3, 0.4) is 0 Å². The summed E-state index contributed by atoms with van der Waals surface area (Å²) >= 11 is 0. The van der Waals surface area contributed by atoms with E-state index in [1.165, 1.54) is 6.20 Å². The average molecular weight is 439 g/mol. The molecule has 3 aromatic heterocycles. The third-order valence-corrected chi connectivity index (χ3v) is 5.41. The maximum absolute atomic E-state index is 11.8. The first-order valence-electron chi connectivity index (χ1n) is 9.36. The monoisotopic (exact) mass is 439 g/mol. The minimum absolute atomic E-state index is 0.231. The zero-order chi connectivity index (χ0) is 22.2. The molecule has 3 heterocycles. The van der Waals surface area contributed by atoms with Crippen LogP contribution in [-0.4, -0.2) is 53.4 Å². The minimum Gasteiger partial charge on any atom is -0.494 e. The molecule has 4 rings (SSSR count). The van der Waals surface area contributed by atoms with E-state index in [1.807, 2.05) is 19.1 Å². The van der Waals surface area contributed by atoms with Crippen LogP contribution in [0.15, 0.2) is 42.9 Å². The lowest BCUT2D eigenvalue weighted by Crippen LogP contribution is -2.07. The van der Waals surface area contributed by atoms with Crippen LogP contribution in [0, 0.1) is 6.92 Å². The van der Waals surface area contributed by atoms with Crippen LogP contribution in [0.4, 0.5) is 0 Å². The summed E-state index contributed by atoms with van der Waals surface area (Å²) in [6.07, 6.45) is 6.03. The second-order valence-electron chi connectivity index (χ2n) is 7.11. The summed E-state index contributed by atoms with van der Waals surface area (Å²) in [5.74, 6) is 1.38. The van der Waals surface area contributed by atoms with E-state index in [4.69, 9.17) is 9.47 Å². The molecule has 0 saturated heterocycles. The first-order valence-corrected chi connectivity index (χ1v) is 11.4. The number of hydrogen-bond donors (Lipinski definition) is 0. The number of nitrogens with zero attached hydrogens (tertiary/aromatic N) is 5. The van der Waals surface area contributed by atoms with Gasteiger partial charge in [0.1, 0.15) is 17.2 Å². The van der Waals surface area contributed by atoms with Crippen LogP contribution in [0.1, 0.15) is 11.3 Å². The van der Waals surface area contributed by atoms with Gasteiger partial charge in [0.2, 0.25) is 0 Å². The second kappa shape index (κ2) is 7.95. The first-order chi connectivity index (χ1) is 14.8. The number of sulfone groups is 1. The lowest BCUT2D eigenvalue weighted by molar-refractivity contribution is 0.391. The molecule has 0 aliphatic rings. The van der Waals surface area contributed by atoms with Crippen molar-refractivity contribution in [1.29, 1.82) is 0 Å². The number of aryl methyl sites for hydroxylation is 1. The number of rotatable bonds is 6. The van der Waals surface area contributed by atoms with Crippen LogP contribution in [0.2, 0.25) is 0 Å². The van der Waals surface area contributed by atoms with Gasteiger partial charge in [-0.2, -0.15) is 0 Å². The fraction of sp³-hybridized carbons (Fsp3) is 0.238. The molecule has 10 heteroatoms. The Morgan fingerprint density at radius 3 is 2.35 bits per heavy atom. The molecular formula is C21H21N5O4S. The van der Waals surface area contributed by atoms with Crippen molar-refractivity contribution in [2.45, 2.75) is 12.7 Å². The Bertz CT molecular complexity index is 1360. The summed E-state index contributed by atoms with van der Waals surface area (Å²) in [6.45, 7) is 1.94. The third kappa shape index (κ3) is 4.06. The van der Waals surface area contributed by atoms with Crippen LogP contribution in [0.5, 0.6) is 11.5 Å². The molecule has 0 aliphatic heterocycles. The van der Waals surface area contributed by atoms with Gasteiger partial charge in [-0.05, 0) is 30.7 Å². The molecular weight excluding hydrogens is 418 g/mol. The predicted octanol–water partition coefficient (Wildman–Crippen LogP) is 2.75. The summed E-state index contributed by atoms with van der Waals surface area (Å²) in [5, 5.41) is 0. The molecule has 1 aromatic carbocycles. The molecule has 0 unspecified atom stereocenters. The van der Waals surface area contributed by atoms with Crippen LogP contribution in [0.25, 0.3) is 28.4 Å². The van der Waals surface area contributed by atoms with E-state index in [0.717, 1.165) is 17.4 Å². The zero-order valence-electron chi connectivity index (χ0n) is 17.5. The highest BCUT2D eigenvalue weighted by Crippen LogP contribution is 2.37. The Kier molecular flexibility index (Phi) is 5.32. The molecule has 0 spiro atoms. The van der Waals surface area contributed by atoms with E-state index < -0.39 is 9.84 Å². The number of fused-ring (bicyclic) bond motifs is 1. The standard InChI is InChI=1S/C21H21N5O4S/c1-13-8-14(10-22-9-13)20-25-19-21(24-15(11-23-19)12-31(4,27)28)26(20)18-16(29-2)6-5-7-17(18)30-3/h5-11H,12H2,1-4H3. The molecule has 9 nitrogen and oxygen atoms in total.